The van der Waals surface area contributed by atoms with Gasteiger partial charge in [0, 0.05) is 19.6 Å². The van der Waals surface area contributed by atoms with Crippen molar-refractivity contribution in [3.05, 3.63) is 0 Å². The van der Waals surface area contributed by atoms with E-state index in [4.69, 9.17) is 4.74 Å². The summed E-state index contributed by atoms with van der Waals surface area (Å²) >= 11 is 0. The predicted molar refractivity (Wildman–Crippen MR) is 89.7 cm³/mol. The maximum Gasteiger partial charge on any atom is 0.426 e. The van der Waals surface area contributed by atoms with Crippen LogP contribution < -0.4 is 0 Å². The van der Waals surface area contributed by atoms with Gasteiger partial charge in [-0.05, 0) is 13.3 Å². The number of likely N-dealkylation sites (N-methyl/N-ethyl adjacent to an activating group) is 1. The first-order valence-electron chi connectivity index (χ1n) is 8.51. The lowest BCUT2D eigenvalue weighted by atomic mass is 10.2. The Hall–Kier alpha value is -1.12. The van der Waals surface area contributed by atoms with E-state index in [9.17, 15) is 44.1 Å². The topological polar surface area (TPSA) is 86.7 Å². The van der Waals surface area contributed by atoms with Gasteiger partial charge in [-0.25, -0.2) is 12.8 Å². The number of methoxy groups -OCH3 is 1. The van der Waals surface area contributed by atoms with Gasteiger partial charge in [0.2, 0.25) is 5.91 Å². The number of likely N-dealkylation sites (tertiary alicyclic amines) is 1. The fraction of sp³-hybridized carbons (Fsp3) is 0.933. The first-order valence-corrected chi connectivity index (χ1v) is 9.92. The molecule has 174 valence electrons. The molecule has 0 aromatic heterocycles. The lowest BCUT2D eigenvalue weighted by molar-refractivity contribution is -0.890. The Bertz CT molecular complexity index is 642. The number of quaternary nitrogens is 1. The summed E-state index contributed by atoms with van der Waals surface area (Å²) in [5.74, 6) is 0.319. The standard InChI is InChI=1S/C12H25N2O2.C3H2F6O3S/c1-11-5-6-12(15)13(11)7-8-14(2,3)9-10-16-4;4-1(2(5,6)7)3(8,9)13(10,11)12/h11H,5-10H2,1-4H3;1H,(H,10,11,12)/q+1;/p-1. The third-order valence-corrected chi connectivity index (χ3v) is 5.26. The van der Waals surface area contributed by atoms with E-state index in [-0.39, 0.29) is 0 Å². The molecule has 1 saturated heterocycles. The van der Waals surface area contributed by atoms with E-state index in [1.54, 1.807) is 7.11 Å². The van der Waals surface area contributed by atoms with Gasteiger partial charge in [0.05, 0.1) is 33.8 Å². The smallest absolute Gasteiger partial charge is 0.426 e. The normalized spacial score (nSPS) is 19.8. The summed E-state index contributed by atoms with van der Waals surface area (Å²) in [6.07, 6.45) is -9.36. The number of nitrogens with zero attached hydrogens (tertiary/aromatic N) is 2. The van der Waals surface area contributed by atoms with Crippen LogP contribution in [0.5, 0.6) is 0 Å². The molecule has 1 amide bonds. The van der Waals surface area contributed by atoms with Crippen LogP contribution >= 0.6 is 0 Å². The summed E-state index contributed by atoms with van der Waals surface area (Å²) < 4.78 is 104. The van der Waals surface area contributed by atoms with Gasteiger partial charge in [0.15, 0.2) is 10.1 Å². The van der Waals surface area contributed by atoms with Crippen LogP contribution in [0.3, 0.4) is 0 Å². The zero-order chi connectivity index (χ0) is 23.3. The molecule has 1 rings (SSSR count). The Morgan fingerprint density at radius 2 is 1.76 bits per heavy atom. The summed E-state index contributed by atoms with van der Waals surface area (Å²) in [4.78, 5) is 13.6. The first-order chi connectivity index (χ1) is 12.9. The molecule has 0 aliphatic carbocycles. The summed E-state index contributed by atoms with van der Waals surface area (Å²) in [6, 6.07) is 0.426. The van der Waals surface area contributed by atoms with Crippen LogP contribution in [-0.2, 0) is 19.6 Å². The van der Waals surface area contributed by atoms with Gasteiger partial charge in [-0.2, -0.15) is 22.0 Å². The molecular weight excluding hydrogens is 434 g/mol. The second-order valence-electron chi connectivity index (χ2n) is 7.27. The molecule has 7 nitrogen and oxygen atoms in total. The summed E-state index contributed by atoms with van der Waals surface area (Å²) in [7, 11) is -0.565. The molecule has 1 heterocycles. The average Bonchev–Trinajstić information content (AvgIpc) is 2.87. The molecule has 2 unspecified atom stereocenters. The zero-order valence-electron chi connectivity index (χ0n) is 16.5. The van der Waals surface area contributed by atoms with Crippen molar-refractivity contribution in [3.8, 4) is 0 Å². The maximum absolute atomic E-state index is 11.8. The molecule has 1 aliphatic rings. The van der Waals surface area contributed by atoms with Crippen LogP contribution in [0.1, 0.15) is 19.8 Å². The molecule has 0 aromatic rings. The highest BCUT2D eigenvalue weighted by molar-refractivity contribution is 7.86. The number of halogens is 6. The zero-order valence-corrected chi connectivity index (χ0v) is 17.3. The monoisotopic (exact) mass is 460 g/mol. The van der Waals surface area contributed by atoms with Crippen molar-refractivity contribution in [2.75, 3.05) is 47.4 Å². The Morgan fingerprint density at radius 1 is 1.24 bits per heavy atom. The van der Waals surface area contributed by atoms with Gasteiger partial charge in [-0.15, -0.1) is 0 Å². The van der Waals surface area contributed by atoms with Crippen molar-refractivity contribution >= 4 is 16.0 Å². The molecule has 0 bridgehead atoms. The molecule has 0 N–H and O–H groups in total. The van der Waals surface area contributed by atoms with Crippen LogP contribution in [0, 0.1) is 0 Å². The fourth-order valence-electron chi connectivity index (χ4n) is 2.37. The molecule has 0 aromatic carbocycles. The number of ether oxygens (including phenoxy) is 1. The van der Waals surface area contributed by atoms with E-state index in [0.29, 0.717) is 11.9 Å². The van der Waals surface area contributed by atoms with Crippen LogP contribution in [0.2, 0.25) is 0 Å². The van der Waals surface area contributed by atoms with Crippen molar-refractivity contribution in [2.24, 2.45) is 0 Å². The highest BCUT2D eigenvalue weighted by atomic mass is 32.2. The number of carbonyl (C=O) groups excluding carboxylic acids is 1. The first kappa shape index (κ1) is 27.9. The third kappa shape index (κ3) is 8.64. The minimum absolute atomic E-state index is 0.319. The molecule has 0 saturated carbocycles. The Kier molecular flexibility index (Phi) is 9.87. The van der Waals surface area contributed by atoms with Crippen molar-refractivity contribution in [1.29, 1.82) is 0 Å². The third-order valence-electron chi connectivity index (χ3n) is 4.39. The largest absolute Gasteiger partial charge is 0.743 e. The molecule has 1 aliphatic heterocycles. The molecule has 2 atom stereocenters. The summed E-state index contributed by atoms with van der Waals surface area (Å²) in [6.45, 7) is 5.78. The number of amides is 1. The van der Waals surface area contributed by atoms with E-state index >= 15 is 0 Å². The Labute approximate surface area is 165 Å². The van der Waals surface area contributed by atoms with Gasteiger partial charge in [0.1, 0.15) is 6.54 Å². The minimum atomic E-state index is -6.66. The van der Waals surface area contributed by atoms with Crippen molar-refractivity contribution in [2.45, 2.75) is 43.4 Å². The van der Waals surface area contributed by atoms with Crippen molar-refractivity contribution in [3.63, 3.8) is 0 Å². The predicted octanol–water partition coefficient (Wildman–Crippen LogP) is 1.74. The molecular formula is C15H26F6N2O5S. The lowest BCUT2D eigenvalue weighted by Crippen LogP contribution is -2.48. The number of carbonyl (C=O) groups is 1. The van der Waals surface area contributed by atoms with E-state index in [1.165, 1.54) is 0 Å². The molecule has 14 heteroatoms. The van der Waals surface area contributed by atoms with E-state index in [1.807, 2.05) is 4.90 Å². The molecule has 0 spiro atoms. The quantitative estimate of drug-likeness (QED) is 0.313. The number of hydrogen-bond donors (Lipinski definition) is 0. The summed E-state index contributed by atoms with van der Waals surface area (Å²) in [5, 5.41) is -5.99. The van der Waals surface area contributed by atoms with Crippen LogP contribution in [0.15, 0.2) is 0 Å². The second kappa shape index (κ2) is 10.3. The van der Waals surface area contributed by atoms with Gasteiger partial charge in [0.25, 0.3) is 6.17 Å². The highest BCUT2D eigenvalue weighted by Crippen LogP contribution is 2.37. The van der Waals surface area contributed by atoms with E-state index in [0.717, 1.165) is 43.6 Å². The number of alkyl halides is 6. The maximum atomic E-state index is 11.8. The highest BCUT2D eigenvalue weighted by Gasteiger charge is 2.61. The van der Waals surface area contributed by atoms with Crippen LogP contribution in [-0.4, -0.2) is 99.4 Å². The number of hydrogen-bond acceptors (Lipinski definition) is 5. The van der Waals surface area contributed by atoms with Crippen molar-refractivity contribution < 1.29 is 53.3 Å². The van der Waals surface area contributed by atoms with Crippen LogP contribution in [0.4, 0.5) is 26.3 Å². The van der Waals surface area contributed by atoms with Crippen LogP contribution in [0.25, 0.3) is 0 Å². The van der Waals surface area contributed by atoms with E-state index < -0.39 is 27.7 Å². The van der Waals surface area contributed by atoms with Gasteiger partial charge >= 0.3 is 11.4 Å². The molecule has 29 heavy (non-hydrogen) atoms. The lowest BCUT2D eigenvalue weighted by Gasteiger charge is -2.32. The molecule has 1 fully saturated rings. The Morgan fingerprint density at radius 3 is 2.07 bits per heavy atom. The van der Waals surface area contributed by atoms with Gasteiger partial charge in [-0.3, -0.25) is 4.79 Å². The van der Waals surface area contributed by atoms with Gasteiger partial charge in [-0.1, -0.05) is 0 Å². The van der Waals surface area contributed by atoms with E-state index in [2.05, 4.69) is 21.0 Å². The second-order valence-corrected chi connectivity index (χ2v) is 8.72. The Balaban J connectivity index is 0.000000555. The molecule has 0 radical (unpaired) electrons. The SMILES string of the molecule is COCC[N+](C)(C)CCN1C(=O)CCC1C.O=S(=O)([O-])C(F)(F)C(F)C(F)(F)F. The van der Waals surface area contributed by atoms with Gasteiger partial charge < -0.3 is 18.7 Å². The summed E-state index contributed by atoms with van der Waals surface area (Å²) in [5.41, 5.74) is 0. The minimum Gasteiger partial charge on any atom is -0.743 e. The average molecular weight is 460 g/mol. The number of rotatable bonds is 8. The fourth-order valence-corrected chi connectivity index (χ4v) is 2.76. The van der Waals surface area contributed by atoms with Crippen molar-refractivity contribution in [1.82, 2.24) is 4.90 Å².